The Bertz CT molecular complexity index is 691. The lowest BCUT2D eigenvalue weighted by atomic mass is 10.2. The van der Waals surface area contributed by atoms with Crippen molar-refractivity contribution in [3.63, 3.8) is 0 Å². The minimum Gasteiger partial charge on any atom is -0.486 e. The Labute approximate surface area is 144 Å². The fourth-order valence-corrected chi connectivity index (χ4v) is 4.47. The third kappa shape index (κ3) is 4.61. The van der Waals surface area contributed by atoms with Crippen molar-refractivity contribution in [3.8, 4) is 11.5 Å². The van der Waals surface area contributed by atoms with E-state index in [0.717, 1.165) is 5.56 Å². The largest absolute Gasteiger partial charge is 0.486 e. The first-order valence-electron chi connectivity index (χ1n) is 7.38. The van der Waals surface area contributed by atoms with Crippen molar-refractivity contribution in [2.24, 2.45) is 0 Å². The molecule has 1 aromatic carbocycles. The quantitative estimate of drug-likeness (QED) is 0.275. The summed E-state index contributed by atoms with van der Waals surface area (Å²) < 4.78 is 33.7. The molecule has 0 saturated carbocycles. The van der Waals surface area contributed by atoms with E-state index < -0.39 is 32.8 Å². The number of aryl methyl sites for hydroxylation is 1. The predicted octanol–water partition coefficient (Wildman–Crippen LogP) is 0.116. The standard InChI is InChI=1S/C13H21NO9P2/c1-9-2-3-11-12(6-9)22-8-10(23-11)7-14-5-4-13(15,24(16,17)18)25(19,20)21/h2-3,6,10,14-15H,4-5,7-8H2,1H3,(H2,16,17,18)(H2,19,20,21). The molecule has 1 atom stereocenters. The number of rotatable bonds is 7. The first-order chi connectivity index (χ1) is 11.4. The number of benzene rings is 1. The second kappa shape index (κ2) is 7.34. The molecule has 1 heterocycles. The number of fused-ring (bicyclic) bond motifs is 1. The summed E-state index contributed by atoms with van der Waals surface area (Å²) in [7, 11) is -10.9. The predicted molar refractivity (Wildman–Crippen MR) is 87.6 cm³/mol. The molecule has 0 saturated heterocycles. The highest BCUT2D eigenvalue weighted by atomic mass is 31.2. The van der Waals surface area contributed by atoms with Crippen LogP contribution in [0.15, 0.2) is 18.2 Å². The Balaban J connectivity index is 1.88. The summed E-state index contributed by atoms with van der Waals surface area (Å²) in [6.45, 7) is 2.12. The highest BCUT2D eigenvalue weighted by Crippen LogP contribution is 2.68. The molecule has 1 aliphatic rings. The van der Waals surface area contributed by atoms with E-state index >= 15 is 0 Å². The topological polar surface area (TPSA) is 166 Å². The summed E-state index contributed by atoms with van der Waals surface area (Å²) in [5, 5.41) is 9.09. The first-order valence-corrected chi connectivity index (χ1v) is 10.6. The van der Waals surface area contributed by atoms with Crippen molar-refractivity contribution >= 4 is 15.2 Å². The zero-order chi connectivity index (χ0) is 18.9. The molecule has 6 N–H and O–H groups in total. The minimum atomic E-state index is -5.43. The van der Waals surface area contributed by atoms with Gasteiger partial charge in [-0.05, 0) is 31.2 Å². The molecule has 0 aliphatic carbocycles. The summed E-state index contributed by atoms with van der Waals surface area (Å²) in [4.78, 5) is 36.2. The van der Waals surface area contributed by atoms with Gasteiger partial charge in [-0.2, -0.15) is 0 Å². The van der Waals surface area contributed by atoms with Crippen molar-refractivity contribution in [1.29, 1.82) is 0 Å². The lowest BCUT2D eigenvalue weighted by Gasteiger charge is -2.30. The van der Waals surface area contributed by atoms with Gasteiger partial charge in [-0.1, -0.05) is 6.07 Å². The Morgan fingerprint density at radius 3 is 2.44 bits per heavy atom. The van der Waals surface area contributed by atoms with Gasteiger partial charge in [0.25, 0.3) is 5.08 Å². The highest BCUT2D eigenvalue weighted by molar-refractivity contribution is 7.72. The van der Waals surface area contributed by atoms with Gasteiger partial charge in [0.05, 0.1) is 0 Å². The molecule has 1 aliphatic heterocycles. The molecule has 0 fully saturated rings. The van der Waals surface area contributed by atoms with Crippen molar-refractivity contribution in [3.05, 3.63) is 23.8 Å². The molecule has 1 aromatic rings. The first kappa shape index (κ1) is 20.4. The van der Waals surface area contributed by atoms with Crippen molar-refractivity contribution in [2.75, 3.05) is 19.7 Å². The second-order valence-corrected chi connectivity index (χ2v) is 9.83. The van der Waals surface area contributed by atoms with Crippen LogP contribution in [0.3, 0.4) is 0 Å². The van der Waals surface area contributed by atoms with Crippen LogP contribution < -0.4 is 14.8 Å². The van der Waals surface area contributed by atoms with Crippen LogP contribution in [0.4, 0.5) is 0 Å². The number of nitrogens with one attached hydrogen (secondary N) is 1. The molecule has 142 valence electrons. The zero-order valence-corrected chi connectivity index (χ0v) is 15.2. The van der Waals surface area contributed by atoms with Gasteiger partial charge in [0.15, 0.2) is 11.5 Å². The lowest BCUT2D eigenvalue weighted by molar-refractivity contribution is 0.0875. The molecule has 0 amide bonds. The van der Waals surface area contributed by atoms with Crippen LogP contribution in [-0.4, -0.2) is 55.6 Å². The number of ether oxygens (including phenoxy) is 2. The van der Waals surface area contributed by atoms with E-state index in [4.69, 9.17) is 29.0 Å². The van der Waals surface area contributed by atoms with E-state index in [1.165, 1.54) is 0 Å². The molecule has 0 bridgehead atoms. The average molecular weight is 397 g/mol. The van der Waals surface area contributed by atoms with Gasteiger partial charge in [0, 0.05) is 13.0 Å². The summed E-state index contributed by atoms with van der Waals surface area (Å²) in [5.41, 5.74) is 1.02. The Morgan fingerprint density at radius 2 is 1.84 bits per heavy atom. The molecule has 10 nitrogen and oxygen atoms in total. The van der Waals surface area contributed by atoms with Crippen LogP contribution >= 0.6 is 15.2 Å². The van der Waals surface area contributed by atoms with Crippen molar-refractivity contribution in [1.82, 2.24) is 5.32 Å². The second-order valence-electron chi connectivity index (χ2n) is 5.82. The fraction of sp³-hybridized carbons (Fsp3) is 0.538. The average Bonchev–Trinajstić information content (AvgIpc) is 2.49. The Morgan fingerprint density at radius 1 is 1.20 bits per heavy atom. The van der Waals surface area contributed by atoms with Crippen molar-refractivity contribution < 1.29 is 43.3 Å². The fourth-order valence-electron chi connectivity index (χ4n) is 2.30. The molecular formula is C13H21NO9P2. The highest BCUT2D eigenvalue weighted by Gasteiger charge is 2.58. The van der Waals surface area contributed by atoms with E-state index in [1.807, 2.05) is 19.1 Å². The Kier molecular flexibility index (Phi) is 5.98. The molecule has 0 spiro atoms. The normalized spacial score (nSPS) is 18.2. The van der Waals surface area contributed by atoms with Crippen LogP contribution in [0.2, 0.25) is 0 Å². The van der Waals surface area contributed by atoms with Gasteiger partial charge in [-0.25, -0.2) is 0 Å². The molecule has 0 radical (unpaired) electrons. The maximum atomic E-state index is 11.2. The van der Waals surface area contributed by atoms with Gasteiger partial charge in [0.1, 0.15) is 12.7 Å². The molecular weight excluding hydrogens is 376 g/mol. The van der Waals surface area contributed by atoms with Crippen LogP contribution in [0, 0.1) is 6.92 Å². The van der Waals surface area contributed by atoms with Crippen LogP contribution in [0.5, 0.6) is 11.5 Å². The monoisotopic (exact) mass is 397 g/mol. The molecule has 0 aromatic heterocycles. The lowest BCUT2D eigenvalue weighted by Crippen LogP contribution is -2.40. The molecule has 1 unspecified atom stereocenters. The van der Waals surface area contributed by atoms with Gasteiger partial charge in [0.2, 0.25) is 0 Å². The summed E-state index contributed by atoms with van der Waals surface area (Å²) in [5.74, 6) is 1.18. The van der Waals surface area contributed by atoms with E-state index in [2.05, 4.69) is 5.32 Å². The van der Waals surface area contributed by atoms with Crippen molar-refractivity contribution in [2.45, 2.75) is 24.5 Å². The maximum absolute atomic E-state index is 11.2. The molecule has 2 rings (SSSR count). The minimum absolute atomic E-state index is 0.200. The third-order valence-electron chi connectivity index (χ3n) is 3.76. The molecule has 25 heavy (non-hydrogen) atoms. The van der Waals surface area contributed by atoms with Crippen LogP contribution in [-0.2, 0) is 9.13 Å². The number of aliphatic hydroxyl groups is 1. The van der Waals surface area contributed by atoms with Gasteiger partial charge in [-0.3, -0.25) is 9.13 Å². The summed E-state index contributed by atoms with van der Waals surface area (Å²) in [6, 6.07) is 5.45. The molecule has 12 heteroatoms. The van der Waals surface area contributed by atoms with Gasteiger partial charge >= 0.3 is 15.2 Å². The van der Waals surface area contributed by atoms with Crippen LogP contribution in [0.1, 0.15) is 12.0 Å². The van der Waals surface area contributed by atoms with E-state index in [9.17, 15) is 14.2 Å². The number of hydrogen-bond donors (Lipinski definition) is 6. The summed E-state index contributed by atoms with van der Waals surface area (Å²) >= 11 is 0. The van der Waals surface area contributed by atoms with E-state index in [1.54, 1.807) is 6.07 Å². The van der Waals surface area contributed by atoms with E-state index in [0.29, 0.717) is 11.5 Å². The zero-order valence-electron chi connectivity index (χ0n) is 13.4. The number of hydrogen-bond acceptors (Lipinski definition) is 6. The van der Waals surface area contributed by atoms with Gasteiger partial charge in [-0.15, -0.1) is 0 Å². The van der Waals surface area contributed by atoms with Crippen LogP contribution in [0.25, 0.3) is 0 Å². The summed E-state index contributed by atoms with van der Waals surface area (Å²) in [6.07, 6.45) is -1.22. The Hall–Kier alpha value is -0.960. The van der Waals surface area contributed by atoms with E-state index in [-0.39, 0.29) is 19.7 Å². The smallest absolute Gasteiger partial charge is 0.369 e. The SMILES string of the molecule is Cc1ccc2c(c1)OCC(CNCCC(O)(P(=O)(O)O)P(=O)(O)O)O2. The maximum Gasteiger partial charge on any atom is 0.369 e. The van der Waals surface area contributed by atoms with Gasteiger partial charge < -0.3 is 39.5 Å². The third-order valence-corrected chi connectivity index (χ3v) is 7.64.